The molecule has 7 heteroatoms. The van der Waals surface area contributed by atoms with Gasteiger partial charge in [0.2, 0.25) is 15.9 Å². The van der Waals surface area contributed by atoms with E-state index in [0.717, 1.165) is 22.3 Å². The molecular formula is C19H24N2O3S2. The van der Waals surface area contributed by atoms with Crippen LogP contribution in [0.2, 0.25) is 0 Å². The molecule has 26 heavy (non-hydrogen) atoms. The molecule has 2 rings (SSSR count). The van der Waals surface area contributed by atoms with E-state index in [4.69, 9.17) is 0 Å². The molecule has 0 aliphatic heterocycles. The highest BCUT2D eigenvalue weighted by atomic mass is 32.2. The largest absolute Gasteiger partial charge is 0.348 e. The second-order valence-corrected chi connectivity index (χ2v) is 8.94. The Balaban J connectivity index is 2.02. The van der Waals surface area contributed by atoms with E-state index in [1.165, 1.54) is 4.31 Å². The monoisotopic (exact) mass is 392 g/mol. The standard InChI is InChI=1S/C19H24N2O3S2/c1-15(17-9-11-18(25-2)12-10-17)20-19(22)14-21(26(3,23)24)13-16-7-5-4-6-8-16/h4-12,15H,13-14H2,1-3H3,(H,20,22). The Labute approximate surface area is 159 Å². The summed E-state index contributed by atoms with van der Waals surface area (Å²) < 4.78 is 25.3. The summed E-state index contributed by atoms with van der Waals surface area (Å²) in [5.74, 6) is -0.326. The molecule has 0 saturated carbocycles. The number of amides is 1. The van der Waals surface area contributed by atoms with Crippen molar-refractivity contribution in [2.75, 3.05) is 19.1 Å². The van der Waals surface area contributed by atoms with Crippen molar-refractivity contribution in [3.8, 4) is 0 Å². The van der Waals surface area contributed by atoms with E-state index in [1.807, 2.05) is 67.8 Å². The predicted molar refractivity (Wildman–Crippen MR) is 106 cm³/mol. The van der Waals surface area contributed by atoms with Gasteiger partial charge in [-0.15, -0.1) is 11.8 Å². The number of carbonyl (C=O) groups excluding carboxylic acids is 1. The van der Waals surface area contributed by atoms with E-state index < -0.39 is 10.0 Å². The second kappa shape index (κ2) is 9.21. The van der Waals surface area contributed by atoms with Gasteiger partial charge in [-0.2, -0.15) is 4.31 Å². The van der Waals surface area contributed by atoms with Crippen molar-refractivity contribution < 1.29 is 13.2 Å². The lowest BCUT2D eigenvalue weighted by Gasteiger charge is -2.21. The maximum absolute atomic E-state index is 12.4. The molecule has 0 bridgehead atoms. The van der Waals surface area contributed by atoms with Crippen molar-refractivity contribution in [1.29, 1.82) is 0 Å². The Morgan fingerprint density at radius 2 is 1.73 bits per heavy atom. The van der Waals surface area contributed by atoms with E-state index >= 15 is 0 Å². The third-order valence-electron chi connectivity index (χ3n) is 3.98. The first-order valence-corrected chi connectivity index (χ1v) is 11.3. The summed E-state index contributed by atoms with van der Waals surface area (Å²) in [7, 11) is -3.50. The molecule has 0 aliphatic carbocycles. The number of hydrogen-bond acceptors (Lipinski definition) is 4. The van der Waals surface area contributed by atoms with Gasteiger partial charge in [0.1, 0.15) is 0 Å². The summed E-state index contributed by atoms with van der Waals surface area (Å²) in [6.45, 7) is 1.85. The van der Waals surface area contributed by atoms with E-state index in [9.17, 15) is 13.2 Å². The fourth-order valence-electron chi connectivity index (χ4n) is 2.50. The zero-order chi connectivity index (χ0) is 19.2. The third kappa shape index (κ3) is 6.16. The van der Waals surface area contributed by atoms with Crippen molar-refractivity contribution >= 4 is 27.7 Å². The lowest BCUT2D eigenvalue weighted by atomic mass is 10.1. The number of nitrogens with one attached hydrogen (secondary N) is 1. The third-order valence-corrected chi connectivity index (χ3v) is 5.92. The van der Waals surface area contributed by atoms with Crippen LogP contribution in [0.5, 0.6) is 0 Å². The van der Waals surface area contributed by atoms with E-state index in [-0.39, 0.29) is 25.0 Å². The average molecular weight is 393 g/mol. The van der Waals surface area contributed by atoms with Gasteiger partial charge in [0, 0.05) is 11.4 Å². The predicted octanol–water partition coefficient (Wildman–Crippen LogP) is 3.05. The highest BCUT2D eigenvalue weighted by molar-refractivity contribution is 7.98. The molecule has 140 valence electrons. The summed E-state index contributed by atoms with van der Waals surface area (Å²) in [6.07, 6.45) is 3.13. The molecule has 5 nitrogen and oxygen atoms in total. The van der Waals surface area contributed by atoms with Gasteiger partial charge in [-0.3, -0.25) is 4.79 Å². The molecule has 0 heterocycles. The number of nitrogens with zero attached hydrogens (tertiary/aromatic N) is 1. The molecule has 0 fully saturated rings. The van der Waals surface area contributed by atoms with Gasteiger partial charge in [0.15, 0.2) is 0 Å². The summed E-state index contributed by atoms with van der Waals surface area (Å²) in [5.41, 5.74) is 1.82. The van der Waals surface area contributed by atoms with Crippen molar-refractivity contribution in [2.24, 2.45) is 0 Å². The van der Waals surface area contributed by atoms with Gasteiger partial charge < -0.3 is 5.32 Å². The smallest absolute Gasteiger partial charge is 0.235 e. The molecule has 0 aromatic heterocycles. The number of thioether (sulfide) groups is 1. The molecule has 0 radical (unpaired) electrons. The van der Waals surface area contributed by atoms with Crippen molar-refractivity contribution in [1.82, 2.24) is 9.62 Å². The van der Waals surface area contributed by atoms with Crippen LogP contribution in [-0.2, 0) is 21.4 Å². The first kappa shape index (κ1) is 20.5. The zero-order valence-electron chi connectivity index (χ0n) is 15.2. The van der Waals surface area contributed by atoms with Gasteiger partial charge in [-0.1, -0.05) is 42.5 Å². The minimum Gasteiger partial charge on any atom is -0.348 e. The van der Waals surface area contributed by atoms with Gasteiger partial charge >= 0.3 is 0 Å². The fraction of sp³-hybridized carbons (Fsp3) is 0.316. The number of carbonyl (C=O) groups is 1. The molecule has 0 spiro atoms. The fourth-order valence-corrected chi connectivity index (χ4v) is 3.64. The number of sulfonamides is 1. The zero-order valence-corrected chi connectivity index (χ0v) is 16.8. The molecule has 1 N–H and O–H groups in total. The van der Waals surface area contributed by atoms with Gasteiger partial charge in [0.25, 0.3) is 0 Å². The maximum atomic E-state index is 12.4. The molecular weight excluding hydrogens is 368 g/mol. The van der Waals surface area contributed by atoms with Crippen LogP contribution >= 0.6 is 11.8 Å². The van der Waals surface area contributed by atoms with Crippen LogP contribution in [0.15, 0.2) is 59.5 Å². The van der Waals surface area contributed by atoms with E-state index in [2.05, 4.69) is 5.32 Å². The normalized spacial score (nSPS) is 12.8. The first-order chi connectivity index (χ1) is 12.3. The molecule has 1 atom stereocenters. The van der Waals surface area contributed by atoms with Crippen molar-refractivity contribution in [3.05, 3.63) is 65.7 Å². The van der Waals surface area contributed by atoms with Crippen LogP contribution in [-0.4, -0.2) is 37.7 Å². The Hall–Kier alpha value is -1.83. The molecule has 1 amide bonds. The number of benzene rings is 2. The van der Waals surface area contributed by atoms with Crippen molar-refractivity contribution in [3.63, 3.8) is 0 Å². The SMILES string of the molecule is CSc1ccc(C(C)NC(=O)CN(Cc2ccccc2)S(C)(=O)=O)cc1. The quantitative estimate of drug-likeness (QED) is 0.701. The molecule has 0 aliphatic rings. The van der Waals surface area contributed by atoms with Gasteiger partial charge in [0.05, 0.1) is 18.8 Å². The van der Waals surface area contributed by atoms with Crippen LogP contribution in [0.4, 0.5) is 0 Å². The van der Waals surface area contributed by atoms with Crippen LogP contribution in [0.3, 0.4) is 0 Å². The Morgan fingerprint density at radius 3 is 2.27 bits per heavy atom. The van der Waals surface area contributed by atoms with Gasteiger partial charge in [-0.05, 0) is 36.4 Å². The van der Waals surface area contributed by atoms with Crippen molar-refractivity contribution in [2.45, 2.75) is 24.4 Å². The van der Waals surface area contributed by atoms with Gasteiger partial charge in [-0.25, -0.2) is 8.42 Å². The summed E-state index contributed by atoms with van der Waals surface area (Å²) in [4.78, 5) is 13.5. The van der Waals surface area contributed by atoms with Crippen LogP contribution in [0.1, 0.15) is 24.1 Å². The average Bonchev–Trinajstić information content (AvgIpc) is 2.61. The van der Waals surface area contributed by atoms with E-state index in [1.54, 1.807) is 11.8 Å². The Morgan fingerprint density at radius 1 is 1.12 bits per heavy atom. The van der Waals surface area contributed by atoms with Crippen LogP contribution < -0.4 is 5.32 Å². The second-order valence-electron chi connectivity index (χ2n) is 6.08. The topological polar surface area (TPSA) is 66.5 Å². The summed E-state index contributed by atoms with van der Waals surface area (Å²) in [5, 5.41) is 2.87. The highest BCUT2D eigenvalue weighted by Crippen LogP contribution is 2.19. The summed E-state index contributed by atoms with van der Waals surface area (Å²) in [6, 6.07) is 17.0. The Bertz CT molecular complexity index is 822. The molecule has 0 saturated heterocycles. The number of rotatable bonds is 8. The minimum absolute atomic E-state index is 0.171. The van der Waals surface area contributed by atoms with Crippen LogP contribution in [0, 0.1) is 0 Å². The molecule has 2 aromatic carbocycles. The van der Waals surface area contributed by atoms with Crippen LogP contribution in [0.25, 0.3) is 0 Å². The van der Waals surface area contributed by atoms with E-state index in [0.29, 0.717) is 0 Å². The minimum atomic E-state index is -3.50. The molecule has 2 aromatic rings. The lowest BCUT2D eigenvalue weighted by molar-refractivity contribution is -0.122. The molecule has 1 unspecified atom stereocenters. The highest BCUT2D eigenvalue weighted by Gasteiger charge is 2.21. The summed E-state index contributed by atoms with van der Waals surface area (Å²) >= 11 is 1.65. The maximum Gasteiger partial charge on any atom is 0.235 e. The Kier molecular flexibility index (Phi) is 7.25. The lowest BCUT2D eigenvalue weighted by Crippen LogP contribution is -2.40. The number of hydrogen-bond donors (Lipinski definition) is 1. The first-order valence-electron chi connectivity index (χ1n) is 8.22.